The van der Waals surface area contributed by atoms with Gasteiger partial charge in [0, 0.05) is 42.0 Å². The van der Waals surface area contributed by atoms with E-state index in [0.29, 0.717) is 30.2 Å². The lowest BCUT2D eigenvalue weighted by Gasteiger charge is -2.33. The first kappa shape index (κ1) is 29.7. The molecule has 37 heavy (non-hydrogen) atoms. The highest BCUT2D eigenvalue weighted by Gasteiger charge is 2.33. The van der Waals surface area contributed by atoms with Gasteiger partial charge in [-0.25, -0.2) is 0 Å². The van der Waals surface area contributed by atoms with Crippen LogP contribution in [0.2, 0.25) is 5.02 Å². The lowest BCUT2D eigenvalue weighted by molar-refractivity contribution is -0.126. The highest BCUT2D eigenvalue weighted by Crippen LogP contribution is 2.36. The van der Waals surface area contributed by atoms with Crippen LogP contribution < -0.4 is 10.1 Å². The number of carbonyl (C=O) groups excluding carboxylic acids is 2. The lowest BCUT2D eigenvalue weighted by atomic mass is 9.75. The first-order chi connectivity index (χ1) is 17.6. The van der Waals surface area contributed by atoms with Crippen LogP contribution in [0.3, 0.4) is 0 Å². The summed E-state index contributed by atoms with van der Waals surface area (Å²) in [5.41, 5.74) is 2.64. The van der Waals surface area contributed by atoms with Gasteiger partial charge in [-0.2, -0.15) is 0 Å². The molecule has 2 aromatic carbocycles. The number of nitrogens with zero attached hydrogens (tertiary/aromatic N) is 1. The number of amides is 1. The van der Waals surface area contributed by atoms with Crippen LogP contribution in [0.15, 0.2) is 103 Å². The topological polar surface area (TPSA) is 58.6 Å². The molecular formula is C31H37ClN2O3. The minimum atomic E-state index is -0.0794. The van der Waals surface area contributed by atoms with Crippen molar-refractivity contribution in [2.75, 3.05) is 6.54 Å². The van der Waals surface area contributed by atoms with Gasteiger partial charge in [0.25, 0.3) is 0 Å². The van der Waals surface area contributed by atoms with Crippen molar-refractivity contribution in [2.45, 2.75) is 47.1 Å². The number of benzene rings is 2. The normalized spacial score (nSPS) is 14.8. The summed E-state index contributed by atoms with van der Waals surface area (Å²) in [6, 6.07) is 17.5. The molecule has 0 unspecified atom stereocenters. The van der Waals surface area contributed by atoms with Gasteiger partial charge < -0.3 is 15.0 Å². The zero-order chi connectivity index (χ0) is 27.3. The predicted octanol–water partition coefficient (Wildman–Crippen LogP) is 7.22. The van der Waals surface area contributed by atoms with E-state index in [0.717, 1.165) is 23.4 Å². The molecule has 0 saturated heterocycles. The molecule has 5 nitrogen and oxygen atoms in total. The molecule has 6 heteroatoms. The van der Waals surface area contributed by atoms with E-state index in [2.05, 4.69) is 25.7 Å². The Hall–Kier alpha value is -3.57. The number of halogens is 1. The van der Waals surface area contributed by atoms with Crippen molar-refractivity contribution in [1.29, 1.82) is 0 Å². The summed E-state index contributed by atoms with van der Waals surface area (Å²) in [6.07, 6.45) is 10.0. The Morgan fingerprint density at radius 3 is 2.51 bits per heavy atom. The van der Waals surface area contributed by atoms with Gasteiger partial charge in [-0.05, 0) is 48.6 Å². The van der Waals surface area contributed by atoms with Gasteiger partial charge in [-0.15, -0.1) is 0 Å². The third-order valence-corrected chi connectivity index (χ3v) is 5.83. The van der Waals surface area contributed by atoms with Crippen molar-refractivity contribution in [2.24, 2.45) is 5.41 Å². The molecule has 0 aliphatic heterocycles. The zero-order valence-electron chi connectivity index (χ0n) is 22.2. The lowest BCUT2D eigenvalue weighted by Crippen LogP contribution is -2.35. The second-order valence-electron chi connectivity index (χ2n) is 9.50. The maximum absolute atomic E-state index is 12.5. The fourth-order valence-electron chi connectivity index (χ4n) is 3.81. The zero-order valence-corrected chi connectivity index (χ0v) is 22.9. The van der Waals surface area contributed by atoms with Crippen LogP contribution in [0, 0.1) is 5.41 Å². The summed E-state index contributed by atoms with van der Waals surface area (Å²) < 4.78 is 5.59. The highest BCUT2D eigenvalue weighted by molar-refractivity contribution is 6.30. The molecule has 0 saturated carbocycles. The maximum atomic E-state index is 12.5. The summed E-state index contributed by atoms with van der Waals surface area (Å²) in [4.78, 5) is 25.8. The van der Waals surface area contributed by atoms with E-state index in [9.17, 15) is 9.59 Å². The van der Waals surface area contributed by atoms with E-state index < -0.39 is 0 Å². The number of allylic oxidation sites excluding steroid dienone is 4. The van der Waals surface area contributed by atoms with Crippen molar-refractivity contribution in [3.05, 3.63) is 114 Å². The van der Waals surface area contributed by atoms with Crippen LogP contribution in [-0.4, -0.2) is 23.1 Å². The minimum Gasteiger partial charge on any atom is -0.489 e. The molecule has 1 N–H and O–H groups in total. The molecule has 3 rings (SSSR count). The summed E-state index contributed by atoms with van der Waals surface area (Å²) in [6.45, 7) is 12.0. The molecule has 0 radical (unpaired) electrons. The fraction of sp³-hybridized carbons (Fsp3) is 0.290. The van der Waals surface area contributed by atoms with Crippen molar-refractivity contribution < 1.29 is 14.3 Å². The Morgan fingerprint density at radius 1 is 1.16 bits per heavy atom. The van der Waals surface area contributed by atoms with E-state index in [1.54, 1.807) is 35.5 Å². The third kappa shape index (κ3) is 10.5. The number of hydrogen-bond acceptors (Lipinski definition) is 4. The Bertz CT molecular complexity index is 1150. The summed E-state index contributed by atoms with van der Waals surface area (Å²) in [5.74, 6) is 0.817. The number of nitrogens with one attached hydrogen (secondary N) is 1. The average molecular weight is 521 g/mol. The van der Waals surface area contributed by atoms with E-state index in [4.69, 9.17) is 16.3 Å². The molecule has 1 amide bonds. The summed E-state index contributed by atoms with van der Waals surface area (Å²) >= 11 is 5.85. The number of ether oxygens (including phenoxy) is 1. The Balaban J connectivity index is 0.000000278. The van der Waals surface area contributed by atoms with Gasteiger partial charge in [0.2, 0.25) is 5.91 Å². The Labute approximate surface area is 226 Å². The number of carbonyl (C=O) groups is 2. The second kappa shape index (κ2) is 14.9. The fourth-order valence-corrected chi connectivity index (χ4v) is 3.99. The van der Waals surface area contributed by atoms with Crippen LogP contribution in [-0.2, 0) is 16.2 Å². The predicted molar refractivity (Wildman–Crippen MR) is 152 cm³/mol. The van der Waals surface area contributed by atoms with E-state index in [1.807, 2.05) is 61.5 Å². The van der Waals surface area contributed by atoms with Gasteiger partial charge in [0.05, 0.1) is 6.54 Å². The van der Waals surface area contributed by atoms with Crippen LogP contribution in [0.4, 0.5) is 0 Å². The van der Waals surface area contributed by atoms with Crippen LogP contribution in [0.5, 0.6) is 5.75 Å². The Morgan fingerprint density at radius 2 is 1.89 bits per heavy atom. The molecule has 0 fully saturated rings. The van der Waals surface area contributed by atoms with Gasteiger partial charge in [-0.1, -0.05) is 80.6 Å². The molecule has 0 bridgehead atoms. The molecule has 1 aliphatic carbocycles. The molecule has 0 spiro atoms. The molecular weight excluding hydrogens is 484 g/mol. The van der Waals surface area contributed by atoms with Gasteiger partial charge in [0.15, 0.2) is 5.78 Å². The van der Waals surface area contributed by atoms with E-state index in [1.165, 1.54) is 6.92 Å². The molecule has 196 valence electrons. The first-order valence-electron chi connectivity index (χ1n) is 12.3. The van der Waals surface area contributed by atoms with Crippen LogP contribution in [0.1, 0.15) is 46.1 Å². The largest absolute Gasteiger partial charge is 0.489 e. The number of rotatable bonds is 9. The number of Topliss-reactive ketones (excluding diaryl/α,β-unsaturated/α-hetero) is 1. The SMILES string of the molecule is C=C/C=C/NC1=C(CN(/C=C/C)C(C)=O)C(=O)CC(C)(C)C1.Clc1cccc(OCc2ccccc2)c1. The van der Waals surface area contributed by atoms with Gasteiger partial charge in [-0.3, -0.25) is 9.59 Å². The quantitative estimate of drug-likeness (QED) is 0.354. The van der Waals surface area contributed by atoms with E-state index >= 15 is 0 Å². The standard InChI is InChI=1S/C18H26N2O2.C13H11ClO/c1-6-8-9-19-16-11-18(4,5)12-17(22)15(16)13-20(10-7-2)14(3)21;14-12-7-4-8-13(9-12)15-10-11-5-2-1-3-6-11/h6-10,19H,1,11-13H2,2-5H3;1-9H,10H2/b9-8+,10-7+;. The molecule has 2 aromatic rings. The molecule has 0 aromatic heterocycles. The van der Waals surface area contributed by atoms with E-state index in [-0.39, 0.29) is 17.1 Å². The Kier molecular flexibility index (Phi) is 11.9. The monoisotopic (exact) mass is 520 g/mol. The van der Waals surface area contributed by atoms with Crippen LogP contribution in [0.25, 0.3) is 0 Å². The van der Waals surface area contributed by atoms with Crippen molar-refractivity contribution in [3.63, 3.8) is 0 Å². The summed E-state index contributed by atoms with van der Waals surface area (Å²) in [5, 5.41) is 3.88. The van der Waals surface area contributed by atoms with Gasteiger partial charge in [0.1, 0.15) is 12.4 Å². The van der Waals surface area contributed by atoms with Crippen molar-refractivity contribution in [3.8, 4) is 5.75 Å². The first-order valence-corrected chi connectivity index (χ1v) is 12.6. The van der Waals surface area contributed by atoms with Crippen molar-refractivity contribution in [1.82, 2.24) is 10.2 Å². The number of hydrogen-bond donors (Lipinski definition) is 1. The average Bonchev–Trinajstić information content (AvgIpc) is 2.85. The molecule has 0 heterocycles. The smallest absolute Gasteiger partial charge is 0.223 e. The van der Waals surface area contributed by atoms with Gasteiger partial charge >= 0.3 is 0 Å². The highest BCUT2D eigenvalue weighted by atomic mass is 35.5. The number of ketones is 1. The van der Waals surface area contributed by atoms with Crippen LogP contribution >= 0.6 is 11.6 Å². The molecule has 0 atom stereocenters. The van der Waals surface area contributed by atoms with Crippen molar-refractivity contribution >= 4 is 23.3 Å². The third-order valence-electron chi connectivity index (χ3n) is 5.59. The molecule has 1 aliphatic rings. The second-order valence-corrected chi connectivity index (χ2v) is 9.93. The minimum absolute atomic E-state index is 0.0768. The summed E-state index contributed by atoms with van der Waals surface area (Å²) in [7, 11) is 0. The maximum Gasteiger partial charge on any atom is 0.223 e.